The van der Waals surface area contributed by atoms with Crippen molar-refractivity contribution in [3.05, 3.63) is 24.3 Å². The Morgan fingerprint density at radius 3 is 2.72 bits per heavy atom. The van der Waals surface area contributed by atoms with Gasteiger partial charge in [-0.1, -0.05) is 18.9 Å². The summed E-state index contributed by atoms with van der Waals surface area (Å²) in [5.74, 6) is 1.14. The fourth-order valence-corrected chi connectivity index (χ4v) is 2.35. The van der Waals surface area contributed by atoms with Gasteiger partial charge in [0.1, 0.15) is 5.75 Å². The van der Waals surface area contributed by atoms with E-state index in [0.29, 0.717) is 0 Å². The first kappa shape index (κ1) is 12.9. The summed E-state index contributed by atoms with van der Waals surface area (Å²) in [6.07, 6.45) is 4.54. The monoisotopic (exact) mass is 247 g/mol. The molecule has 1 saturated carbocycles. The van der Waals surface area contributed by atoms with E-state index in [1.807, 2.05) is 38.1 Å². The van der Waals surface area contributed by atoms with Gasteiger partial charge in [-0.2, -0.15) is 0 Å². The molecule has 0 aromatic heterocycles. The number of amides is 1. The Bertz CT molecular complexity index is 409. The third kappa shape index (κ3) is 3.49. The van der Waals surface area contributed by atoms with E-state index in [-0.39, 0.29) is 17.9 Å². The van der Waals surface area contributed by atoms with Gasteiger partial charge in [-0.3, -0.25) is 4.79 Å². The first-order chi connectivity index (χ1) is 8.65. The highest BCUT2D eigenvalue weighted by atomic mass is 16.5. The lowest BCUT2D eigenvalue weighted by atomic mass is 10.1. The maximum atomic E-state index is 12.0. The quantitative estimate of drug-likeness (QED) is 0.882. The van der Waals surface area contributed by atoms with Crippen molar-refractivity contribution in [2.45, 2.75) is 45.6 Å². The van der Waals surface area contributed by atoms with E-state index >= 15 is 0 Å². The predicted octanol–water partition coefficient (Wildman–Crippen LogP) is 3.60. The molecule has 0 radical (unpaired) electrons. The summed E-state index contributed by atoms with van der Waals surface area (Å²) in [5, 5.41) is 2.98. The fourth-order valence-electron chi connectivity index (χ4n) is 2.35. The van der Waals surface area contributed by atoms with Gasteiger partial charge in [0.15, 0.2) is 0 Å². The zero-order chi connectivity index (χ0) is 13.0. The number of hydrogen-bond acceptors (Lipinski definition) is 2. The zero-order valence-electron chi connectivity index (χ0n) is 11.1. The normalized spacial score (nSPS) is 15.9. The van der Waals surface area contributed by atoms with Crippen molar-refractivity contribution in [1.82, 2.24) is 0 Å². The van der Waals surface area contributed by atoms with Crippen molar-refractivity contribution in [2.24, 2.45) is 5.92 Å². The second kappa shape index (κ2) is 5.89. The van der Waals surface area contributed by atoms with Crippen LogP contribution in [0.3, 0.4) is 0 Å². The number of hydrogen-bond donors (Lipinski definition) is 1. The van der Waals surface area contributed by atoms with Gasteiger partial charge in [-0.25, -0.2) is 0 Å². The molecule has 3 heteroatoms. The van der Waals surface area contributed by atoms with Crippen molar-refractivity contribution >= 4 is 11.6 Å². The standard InChI is InChI=1S/C15H21NO2/c1-11(2)18-14-9-5-8-13(10-14)16-15(17)12-6-3-4-7-12/h5,8-12H,3-4,6-7H2,1-2H3,(H,16,17). The smallest absolute Gasteiger partial charge is 0.227 e. The first-order valence-corrected chi connectivity index (χ1v) is 6.73. The van der Waals surface area contributed by atoms with Gasteiger partial charge >= 0.3 is 0 Å². The number of anilines is 1. The van der Waals surface area contributed by atoms with E-state index in [1.165, 1.54) is 12.8 Å². The average Bonchev–Trinajstić information content (AvgIpc) is 2.81. The number of carbonyl (C=O) groups is 1. The number of nitrogens with one attached hydrogen (secondary N) is 1. The SMILES string of the molecule is CC(C)Oc1cccc(NC(=O)C2CCCC2)c1. The van der Waals surface area contributed by atoms with E-state index in [9.17, 15) is 4.79 Å². The molecule has 0 atom stereocenters. The third-order valence-electron chi connectivity index (χ3n) is 3.20. The second-order valence-electron chi connectivity index (χ2n) is 5.17. The lowest BCUT2D eigenvalue weighted by Gasteiger charge is -2.13. The van der Waals surface area contributed by atoms with Gasteiger partial charge in [0.25, 0.3) is 0 Å². The van der Waals surface area contributed by atoms with Crippen molar-refractivity contribution in [3.8, 4) is 5.75 Å². The molecule has 3 nitrogen and oxygen atoms in total. The zero-order valence-corrected chi connectivity index (χ0v) is 11.1. The van der Waals surface area contributed by atoms with Crippen LogP contribution in [-0.2, 0) is 4.79 Å². The molecule has 1 fully saturated rings. The highest BCUT2D eigenvalue weighted by molar-refractivity contribution is 5.92. The molecule has 18 heavy (non-hydrogen) atoms. The molecule has 1 aliphatic rings. The fraction of sp³-hybridized carbons (Fsp3) is 0.533. The van der Waals surface area contributed by atoms with E-state index in [0.717, 1.165) is 24.3 Å². The van der Waals surface area contributed by atoms with E-state index < -0.39 is 0 Å². The van der Waals surface area contributed by atoms with Gasteiger partial charge in [0.05, 0.1) is 6.10 Å². The summed E-state index contributed by atoms with van der Waals surface area (Å²) in [6.45, 7) is 3.98. The number of ether oxygens (including phenoxy) is 1. The van der Waals surface area contributed by atoms with E-state index in [1.54, 1.807) is 0 Å². The van der Waals surface area contributed by atoms with Crippen LogP contribution in [0.5, 0.6) is 5.75 Å². The van der Waals surface area contributed by atoms with Crippen LogP contribution in [0, 0.1) is 5.92 Å². The highest BCUT2D eigenvalue weighted by Gasteiger charge is 2.22. The average molecular weight is 247 g/mol. The third-order valence-corrected chi connectivity index (χ3v) is 3.20. The molecule has 0 bridgehead atoms. The maximum absolute atomic E-state index is 12.0. The Kier molecular flexibility index (Phi) is 4.24. The molecule has 1 aromatic carbocycles. The molecule has 1 N–H and O–H groups in total. The summed E-state index contributed by atoms with van der Waals surface area (Å²) in [5.41, 5.74) is 0.824. The van der Waals surface area contributed by atoms with Gasteiger partial charge in [-0.05, 0) is 38.8 Å². The predicted molar refractivity (Wildman–Crippen MR) is 72.8 cm³/mol. The molecule has 1 aromatic rings. The van der Waals surface area contributed by atoms with Crippen LogP contribution >= 0.6 is 0 Å². The summed E-state index contributed by atoms with van der Waals surface area (Å²) in [4.78, 5) is 12.0. The van der Waals surface area contributed by atoms with E-state index in [4.69, 9.17) is 4.74 Å². The van der Waals surface area contributed by atoms with Crippen molar-refractivity contribution in [2.75, 3.05) is 5.32 Å². The molecule has 0 spiro atoms. The van der Waals surface area contributed by atoms with Crippen LogP contribution in [0.2, 0.25) is 0 Å². The summed E-state index contributed by atoms with van der Waals surface area (Å²) in [6, 6.07) is 7.60. The minimum Gasteiger partial charge on any atom is -0.491 e. The highest BCUT2D eigenvalue weighted by Crippen LogP contribution is 2.26. The molecule has 0 saturated heterocycles. The molecule has 0 heterocycles. The van der Waals surface area contributed by atoms with Gasteiger partial charge < -0.3 is 10.1 Å². The largest absolute Gasteiger partial charge is 0.491 e. The van der Waals surface area contributed by atoms with Gasteiger partial charge in [0.2, 0.25) is 5.91 Å². The minimum absolute atomic E-state index is 0.144. The summed E-state index contributed by atoms with van der Waals surface area (Å²) < 4.78 is 5.61. The topological polar surface area (TPSA) is 38.3 Å². The molecule has 1 amide bonds. The van der Waals surface area contributed by atoms with Gasteiger partial charge in [0, 0.05) is 17.7 Å². The molecule has 1 aliphatic carbocycles. The number of carbonyl (C=O) groups excluding carboxylic acids is 1. The lowest BCUT2D eigenvalue weighted by Crippen LogP contribution is -2.20. The first-order valence-electron chi connectivity index (χ1n) is 6.73. The van der Waals surface area contributed by atoms with Crippen molar-refractivity contribution in [3.63, 3.8) is 0 Å². The molecular formula is C15H21NO2. The molecule has 2 rings (SSSR count). The van der Waals surface area contributed by atoms with Crippen LogP contribution < -0.4 is 10.1 Å². The van der Waals surface area contributed by atoms with Crippen LogP contribution in [0.15, 0.2) is 24.3 Å². The molecule has 98 valence electrons. The molecule has 0 unspecified atom stereocenters. The number of benzene rings is 1. The second-order valence-corrected chi connectivity index (χ2v) is 5.17. The van der Waals surface area contributed by atoms with Crippen LogP contribution in [-0.4, -0.2) is 12.0 Å². The Balaban J connectivity index is 1.97. The minimum atomic E-state index is 0.144. The van der Waals surface area contributed by atoms with Gasteiger partial charge in [-0.15, -0.1) is 0 Å². The van der Waals surface area contributed by atoms with Crippen molar-refractivity contribution in [1.29, 1.82) is 0 Å². The summed E-state index contributed by atoms with van der Waals surface area (Å²) >= 11 is 0. The van der Waals surface area contributed by atoms with E-state index in [2.05, 4.69) is 5.32 Å². The molecule has 0 aliphatic heterocycles. The Morgan fingerprint density at radius 1 is 1.33 bits per heavy atom. The van der Waals surface area contributed by atoms with Crippen LogP contribution in [0.4, 0.5) is 5.69 Å². The van der Waals surface area contributed by atoms with Crippen LogP contribution in [0.25, 0.3) is 0 Å². The van der Waals surface area contributed by atoms with Crippen LogP contribution in [0.1, 0.15) is 39.5 Å². The Labute approximate surface area is 109 Å². The number of rotatable bonds is 4. The Morgan fingerprint density at radius 2 is 2.06 bits per heavy atom. The molecular weight excluding hydrogens is 226 g/mol. The maximum Gasteiger partial charge on any atom is 0.227 e. The van der Waals surface area contributed by atoms with Crippen molar-refractivity contribution < 1.29 is 9.53 Å². The lowest BCUT2D eigenvalue weighted by molar-refractivity contribution is -0.119. The summed E-state index contributed by atoms with van der Waals surface area (Å²) in [7, 11) is 0. The Hall–Kier alpha value is -1.51.